The van der Waals surface area contributed by atoms with Gasteiger partial charge in [-0.05, 0) is 24.5 Å². The minimum Gasteiger partial charge on any atom is -0.374 e. The first kappa shape index (κ1) is 22.3. The van der Waals surface area contributed by atoms with E-state index in [4.69, 9.17) is 9.26 Å². The zero-order valence-corrected chi connectivity index (χ0v) is 17.5. The summed E-state index contributed by atoms with van der Waals surface area (Å²) in [6.07, 6.45) is 1.58. The maximum Gasteiger partial charge on any atom is 0.227 e. The van der Waals surface area contributed by atoms with Gasteiger partial charge in [0.15, 0.2) is 5.82 Å². The number of nitrogens with zero attached hydrogens (tertiary/aromatic N) is 3. The standard InChI is InChI=1S/C20H28N4O3.ClH/c1-4-15-5-7-16(8-6-15)17-13-21-11-12-24(17)19(25)10-9-18-22-20(23-27-18)14(2)26-3;/h5-8,14,17,21H,4,9-13H2,1-3H3;1H. The number of hydrogen-bond donors (Lipinski definition) is 1. The smallest absolute Gasteiger partial charge is 0.227 e. The Kier molecular flexibility index (Phi) is 8.41. The summed E-state index contributed by atoms with van der Waals surface area (Å²) in [7, 11) is 1.60. The van der Waals surface area contributed by atoms with Gasteiger partial charge in [0, 0.05) is 39.6 Å². The SMILES string of the molecule is CCc1ccc(C2CNCCN2C(=O)CCc2nc(C(C)OC)no2)cc1.Cl. The number of piperazine rings is 1. The lowest BCUT2D eigenvalue weighted by Crippen LogP contribution is -2.48. The number of amides is 1. The summed E-state index contributed by atoms with van der Waals surface area (Å²) in [6, 6.07) is 8.61. The van der Waals surface area contributed by atoms with Gasteiger partial charge < -0.3 is 19.5 Å². The number of carbonyl (C=O) groups is 1. The van der Waals surface area contributed by atoms with E-state index >= 15 is 0 Å². The predicted molar refractivity (Wildman–Crippen MR) is 108 cm³/mol. The number of aryl methyl sites for hydroxylation is 2. The number of rotatable bonds is 7. The molecule has 0 aliphatic carbocycles. The Balaban J connectivity index is 0.00000280. The fraction of sp³-hybridized carbons (Fsp3) is 0.550. The molecule has 2 atom stereocenters. The lowest BCUT2D eigenvalue weighted by Gasteiger charge is -2.36. The average molecular weight is 409 g/mol. The van der Waals surface area contributed by atoms with Gasteiger partial charge in [-0.25, -0.2) is 0 Å². The van der Waals surface area contributed by atoms with Crippen molar-refractivity contribution in [3.63, 3.8) is 0 Å². The molecular weight excluding hydrogens is 380 g/mol. The van der Waals surface area contributed by atoms with Crippen molar-refractivity contribution >= 4 is 18.3 Å². The fourth-order valence-electron chi connectivity index (χ4n) is 3.27. The summed E-state index contributed by atoms with van der Waals surface area (Å²) in [4.78, 5) is 19.1. The van der Waals surface area contributed by atoms with Crippen LogP contribution in [-0.4, -0.2) is 47.7 Å². The summed E-state index contributed by atoms with van der Waals surface area (Å²) in [5, 5.41) is 7.30. The van der Waals surface area contributed by atoms with Crippen LogP contribution in [-0.2, 0) is 22.4 Å². The van der Waals surface area contributed by atoms with Crippen LogP contribution in [0.5, 0.6) is 0 Å². The zero-order chi connectivity index (χ0) is 19.2. The number of methoxy groups -OCH3 is 1. The highest BCUT2D eigenvalue weighted by Gasteiger charge is 2.28. The molecule has 1 aliphatic heterocycles. The van der Waals surface area contributed by atoms with E-state index < -0.39 is 0 Å². The molecule has 1 N–H and O–H groups in total. The van der Waals surface area contributed by atoms with Crippen LogP contribution in [0.3, 0.4) is 0 Å². The Morgan fingerprint density at radius 2 is 2.14 bits per heavy atom. The van der Waals surface area contributed by atoms with Gasteiger partial charge in [0.1, 0.15) is 6.10 Å². The molecule has 1 aromatic heterocycles. The van der Waals surface area contributed by atoms with Gasteiger partial charge in [0.25, 0.3) is 0 Å². The van der Waals surface area contributed by atoms with Crippen LogP contribution >= 0.6 is 12.4 Å². The van der Waals surface area contributed by atoms with E-state index in [1.165, 1.54) is 11.1 Å². The molecule has 3 rings (SSSR count). The molecule has 2 heterocycles. The van der Waals surface area contributed by atoms with Gasteiger partial charge in [-0.1, -0.05) is 36.3 Å². The van der Waals surface area contributed by atoms with Crippen molar-refractivity contribution in [2.24, 2.45) is 0 Å². The maximum absolute atomic E-state index is 12.9. The number of aromatic nitrogens is 2. The van der Waals surface area contributed by atoms with Crippen LogP contribution in [0.15, 0.2) is 28.8 Å². The van der Waals surface area contributed by atoms with E-state index in [0.29, 0.717) is 31.1 Å². The van der Waals surface area contributed by atoms with Gasteiger partial charge in [0.2, 0.25) is 11.8 Å². The normalized spacial score (nSPS) is 17.8. The van der Waals surface area contributed by atoms with E-state index in [2.05, 4.69) is 46.6 Å². The van der Waals surface area contributed by atoms with Crippen molar-refractivity contribution in [2.45, 2.75) is 45.3 Å². The second kappa shape index (κ2) is 10.5. The molecule has 154 valence electrons. The van der Waals surface area contributed by atoms with Crippen LogP contribution in [0.2, 0.25) is 0 Å². The number of halogens is 1. The van der Waals surface area contributed by atoms with Gasteiger partial charge in [0.05, 0.1) is 6.04 Å². The number of nitrogens with one attached hydrogen (secondary N) is 1. The highest BCUT2D eigenvalue weighted by Crippen LogP contribution is 2.24. The number of carbonyl (C=O) groups excluding carboxylic acids is 1. The third-order valence-electron chi connectivity index (χ3n) is 5.09. The summed E-state index contributed by atoms with van der Waals surface area (Å²) in [6.45, 7) is 6.28. The summed E-state index contributed by atoms with van der Waals surface area (Å²) in [5.41, 5.74) is 2.47. The van der Waals surface area contributed by atoms with Gasteiger partial charge in [-0.15, -0.1) is 12.4 Å². The molecular formula is C20H29ClN4O3. The topological polar surface area (TPSA) is 80.5 Å². The minimum atomic E-state index is -0.221. The van der Waals surface area contributed by atoms with Crippen LogP contribution < -0.4 is 5.32 Å². The average Bonchev–Trinajstić information content (AvgIpc) is 3.20. The molecule has 1 aliphatic rings. The number of benzene rings is 1. The largest absolute Gasteiger partial charge is 0.374 e. The van der Waals surface area contributed by atoms with Gasteiger partial charge >= 0.3 is 0 Å². The number of hydrogen-bond acceptors (Lipinski definition) is 6. The van der Waals surface area contributed by atoms with E-state index in [1.807, 2.05) is 11.8 Å². The molecule has 8 heteroatoms. The predicted octanol–water partition coefficient (Wildman–Crippen LogP) is 2.87. The summed E-state index contributed by atoms with van der Waals surface area (Å²) >= 11 is 0. The summed E-state index contributed by atoms with van der Waals surface area (Å²) < 4.78 is 10.4. The van der Waals surface area contributed by atoms with E-state index in [9.17, 15) is 4.79 Å². The van der Waals surface area contributed by atoms with E-state index in [0.717, 1.165) is 19.5 Å². The quantitative estimate of drug-likeness (QED) is 0.758. The second-order valence-corrected chi connectivity index (χ2v) is 6.83. The lowest BCUT2D eigenvalue weighted by atomic mass is 10.0. The molecule has 0 spiro atoms. The van der Waals surface area contributed by atoms with Crippen LogP contribution in [0.1, 0.15) is 55.3 Å². The Bertz CT molecular complexity index is 750. The van der Waals surface area contributed by atoms with Crippen molar-refractivity contribution in [3.8, 4) is 0 Å². The first-order chi connectivity index (χ1) is 13.1. The molecule has 1 saturated heterocycles. The molecule has 2 aromatic rings. The van der Waals surface area contributed by atoms with Gasteiger partial charge in [-0.3, -0.25) is 4.79 Å². The molecule has 1 aromatic carbocycles. The van der Waals surface area contributed by atoms with Gasteiger partial charge in [-0.2, -0.15) is 4.98 Å². The molecule has 0 bridgehead atoms. The van der Waals surface area contributed by atoms with E-state index in [-0.39, 0.29) is 30.5 Å². The van der Waals surface area contributed by atoms with E-state index in [1.54, 1.807) is 7.11 Å². The van der Waals surface area contributed by atoms with Crippen molar-refractivity contribution in [1.29, 1.82) is 0 Å². The van der Waals surface area contributed by atoms with Crippen molar-refractivity contribution in [3.05, 3.63) is 47.1 Å². The first-order valence-electron chi connectivity index (χ1n) is 9.56. The number of ether oxygens (including phenoxy) is 1. The molecule has 1 amide bonds. The molecule has 1 fully saturated rings. The molecule has 0 radical (unpaired) electrons. The second-order valence-electron chi connectivity index (χ2n) is 6.83. The molecule has 0 saturated carbocycles. The monoisotopic (exact) mass is 408 g/mol. The van der Waals surface area contributed by atoms with Crippen LogP contribution in [0.25, 0.3) is 0 Å². The highest BCUT2D eigenvalue weighted by molar-refractivity contribution is 5.85. The Morgan fingerprint density at radius 1 is 1.39 bits per heavy atom. The minimum absolute atomic E-state index is 0. The fourth-order valence-corrected chi connectivity index (χ4v) is 3.27. The Hall–Kier alpha value is -1.96. The molecule has 28 heavy (non-hydrogen) atoms. The zero-order valence-electron chi connectivity index (χ0n) is 16.7. The third kappa shape index (κ3) is 5.31. The first-order valence-corrected chi connectivity index (χ1v) is 9.56. The Morgan fingerprint density at radius 3 is 2.82 bits per heavy atom. The summed E-state index contributed by atoms with van der Waals surface area (Å²) in [5.74, 6) is 1.10. The molecule has 7 nitrogen and oxygen atoms in total. The highest BCUT2D eigenvalue weighted by atomic mass is 35.5. The third-order valence-corrected chi connectivity index (χ3v) is 5.09. The van der Waals surface area contributed by atoms with Crippen LogP contribution in [0.4, 0.5) is 0 Å². The maximum atomic E-state index is 12.9. The van der Waals surface area contributed by atoms with Crippen molar-refractivity contribution in [2.75, 3.05) is 26.7 Å². The Labute approximate surface area is 172 Å². The van der Waals surface area contributed by atoms with Crippen LogP contribution in [0, 0.1) is 0 Å². The van der Waals surface area contributed by atoms with Crippen molar-refractivity contribution < 1.29 is 14.1 Å². The van der Waals surface area contributed by atoms with Crippen molar-refractivity contribution in [1.82, 2.24) is 20.4 Å². The lowest BCUT2D eigenvalue weighted by molar-refractivity contribution is -0.134. The molecule has 2 unspecified atom stereocenters.